The molecule has 0 saturated carbocycles. The Morgan fingerprint density at radius 1 is 1.20 bits per heavy atom. The molecule has 0 aliphatic carbocycles. The zero-order chi connectivity index (χ0) is 17.2. The van der Waals surface area contributed by atoms with Crippen LogP contribution in [0.3, 0.4) is 0 Å². The van der Waals surface area contributed by atoms with Crippen molar-refractivity contribution in [2.24, 2.45) is 0 Å². The van der Waals surface area contributed by atoms with Gasteiger partial charge in [0.1, 0.15) is 5.65 Å². The molecule has 0 radical (unpaired) electrons. The van der Waals surface area contributed by atoms with Crippen LogP contribution < -0.4 is 5.32 Å². The number of pyridine rings is 1. The molecule has 0 atom stereocenters. The Morgan fingerprint density at radius 3 is 2.88 bits per heavy atom. The van der Waals surface area contributed by atoms with Crippen LogP contribution in [0.4, 0.5) is 5.13 Å². The van der Waals surface area contributed by atoms with Crippen molar-refractivity contribution in [2.75, 3.05) is 5.32 Å². The number of nitrogens with one attached hydrogen (secondary N) is 1. The molecule has 0 saturated heterocycles. The first-order valence-electron chi connectivity index (χ1n) is 7.92. The van der Waals surface area contributed by atoms with E-state index in [1.54, 1.807) is 0 Å². The summed E-state index contributed by atoms with van der Waals surface area (Å²) in [5.41, 5.74) is 4.63. The molecule has 5 nitrogen and oxygen atoms in total. The first kappa shape index (κ1) is 15.5. The quantitative estimate of drug-likeness (QED) is 0.607. The highest BCUT2D eigenvalue weighted by molar-refractivity contribution is 7.14. The monoisotopic (exact) mass is 348 g/mol. The number of aryl methyl sites for hydroxylation is 1. The predicted molar refractivity (Wildman–Crippen MR) is 99.8 cm³/mol. The fourth-order valence-electron chi connectivity index (χ4n) is 2.62. The minimum absolute atomic E-state index is 0.117. The maximum absolute atomic E-state index is 12.3. The highest BCUT2D eigenvalue weighted by Gasteiger charge is 2.11. The lowest BCUT2D eigenvalue weighted by atomic mass is 10.2. The van der Waals surface area contributed by atoms with Gasteiger partial charge >= 0.3 is 0 Å². The van der Waals surface area contributed by atoms with Gasteiger partial charge in [0.15, 0.2) is 5.13 Å². The largest absolute Gasteiger partial charge is 0.307 e. The van der Waals surface area contributed by atoms with Gasteiger partial charge in [0.25, 0.3) is 0 Å². The van der Waals surface area contributed by atoms with Crippen molar-refractivity contribution in [1.82, 2.24) is 14.4 Å². The zero-order valence-electron chi connectivity index (χ0n) is 13.6. The molecule has 25 heavy (non-hydrogen) atoms. The van der Waals surface area contributed by atoms with Gasteiger partial charge in [-0.05, 0) is 24.6 Å². The third kappa shape index (κ3) is 3.44. The van der Waals surface area contributed by atoms with Crippen molar-refractivity contribution in [2.45, 2.75) is 13.3 Å². The van der Waals surface area contributed by atoms with Gasteiger partial charge in [-0.3, -0.25) is 4.79 Å². The van der Waals surface area contributed by atoms with Crippen molar-refractivity contribution in [3.8, 4) is 11.3 Å². The minimum Gasteiger partial charge on any atom is -0.307 e. The number of fused-ring (bicyclic) bond motifs is 1. The predicted octanol–water partition coefficient (Wildman–Crippen LogP) is 3.95. The van der Waals surface area contributed by atoms with Gasteiger partial charge in [-0.15, -0.1) is 11.3 Å². The molecule has 3 aromatic heterocycles. The lowest BCUT2D eigenvalue weighted by molar-refractivity contribution is -0.115. The Kier molecular flexibility index (Phi) is 4.03. The van der Waals surface area contributed by atoms with E-state index >= 15 is 0 Å². The Bertz CT molecular complexity index is 1040. The van der Waals surface area contributed by atoms with Crippen molar-refractivity contribution < 1.29 is 4.79 Å². The number of thiazole rings is 1. The second kappa shape index (κ2) is 6.49. The van der Waals surface area contributed by atoms with E-state index < -0.39 is 0 Å². The highest BCUT2D eigenvalue weighted by Crippen LogP contribution is 2.24. The van der Waals surface area contributed by atoms with Crippen LogP contribution in [-0.2, 0) is 11.2 Å². The first-order valence-corrected chi connectivity index (χ1v) is 8.80. The molecule has 1 N–H and O–H groups in total. The number of rotatable bonds is 4. The van der Waals surface area contributed by atoms with Crippen LogP contribution in [0.1, 0.15) is 11.3 Å². The van der Waals surface area contributed by atoms with E-state index in [0.29, 0.717) is 5.13 Å². The van der Waals surface area contributed by atoms with Gasteiger partial charge in [0, 0.05) is 23.3 Å². The molecule has 1 amide bonds. The molecule has 0 bridgehead atoms. The average molecular weight is 348 g/mol. The number of aromatic nitrogens is 3. The van der Waals surface area contributed by atoms with Crippen LogP contribution in [0.15, 0.2) is 60.2 Å². The average Bonchev–Trinajstić information content (AvgIpc) is 3.21. The number of amides is 1. The summed E-state index contributed by atoms with van der Waals surface area (Å²) < 4.78 is 1.92. The molecule has 4 aromatic rings. The summed E-state index contributed by atoms with van der Waals surface area (Å²) in [6.07, 6.45) is 4.05. The van der Waals surface area contributed by atoms with E-state index in [4.69, 9.17) is 0 Å². The number of hydrogen-bond donors (Lipinski definition) is 1. The highest BCUT2D eigenvalue weighted by atomic mass is 32.1. The van der Waals surface area contributed by atoms with Crippen molar-refractivity contribution in [3.63, 3.8) is 0 Å². The van der Waals surface area contributed by atoms with Crippen molar-refractivity contribution in [3.05, 3.63) is 71.5 Å². The molecule has 0 aliphatic heterocycles. The van der Waals surface area contributed by atoms with Gasteiger partial charge in [-0.1, -0.05) is 30.3 Å². The van der Waals surface area contributed by atoms with Crippen LogP contribution in [0.5, 0.6) is 0 Å². The fraction of sp³-hybridized carbons (Fsp3) is 0.105. The second-order valence-corrected chi connectivity index (χ2v) is 6.69. The van der Waals surface area contributed by atoms with E-state index in [2.05, 4.69) is 15.3 Å². The second-order valence-electron chi connectivity index (χ2n) is 5.83. The third-order valence-corrected chi connectivity index (χ3v) is 4.59. The topological polar surface area (TPSA) is 59.3 Å². The van der Waals surface area contributed by atoms with E-state index in [-0.39, 0.29) is 12.3 Å². The number of anilines is 1. The Morgan fingerprint density at radius 2 is 2.04 bits per heavy atom. The summed E-state index contributed by atoms with van der Waals surface area (Å²) in [6.45, 7) is 2.02. The third-order valence-electron chi connectivity index (χ3n) is 3.83. The molecule has 6 heteroatoms. The van der Waals surface area contributed by atoms with E-state index in [1.165, 1.54) is 11.3 Å². The fourth-order valence-corrected chi connectivity index (χ4v) is 3.36. The summed E-state index contributed by atoms with van der Waals surface area (Å²) >= 11 is 1.42. The normalized spacial score (nSPS) is 10.9. The number of benzene rings is 1. The molecular weight excluding hydrogens is 332 g/mol. The molecule has 0 spiro atoms. The van der Waals surface area contributed by atoms with Crippen LogP contribution in [0.2, 0.25) is 0 Å². The standard InChI is InChI=1S/C19H16N4OS/c1-13-7-8-23-11-15(20-17(23)9-13)10-18(24)22-19-21-16(12-25-19)14-5-3-2-4-6-14/h2-9,11-12H,10H2,1H3,(H,21,22,24). The smallest absolute Gasteiger partial charge is 0.232 e. The number of carbonyl (C=O) groups excluding carboxylic acids is 1. The van der Waals surface area contributed by atoms with Gasteiger partial charge in [0.2, 0.25) is 5.91 Å². The Labute approximate surface area is 149 Å². The summed E-state index contributed by atoms with van der Waals surface area (Å²) in [5.74, 6) is -0.117. The lowest BCUT2D eigenvalue weighted by Gasteiger charge is -1.99. The maximum Gasteiger partial charge on any atom is 0.232 e. The maximum atomic E-state index is 12.3. The Balaban J connectivity index is 1.46. The minimum atomic E-state index is -0.117. The van der Waals surface area contributed by atoms with Crippen molar-refractivity contribution >= 4 is 28.0 Å². The summed E-state index contributed by atoms with van der Waals surface area (Å²) in [4.78, 5) is 21.2. The molecule has 0 fully saturated rings. The van der Waals surface area contributed by atoms with E-state index in [9.17, 15) is 4.79 Å². The number of nitrogens with zero attached hydrogens (tertiary/aromatic N) is 3. The molecule has 0 aliphatic rings. The SMILES string of the molecule is Cc1ccn2cc(CC(=O)Nc3nc(-c4ccccc4)cs3)nc2c1. The van der Waals surface area contributed by atoms with Crippen LogP contribution in [-0.4, -0.2) is 20.3 Å². The molecule has 4 rings (SSSR count). The summed E-state index contributed by atoms with van der Waals surface area (Å²) in [5, 5.41) is 5.40. The van der Waals surface area contributed by atoms with Gasteiger partial charge in [-0.2, -0.15) is 0 Å². The lowest BCUT2D eigenvalue weighted by Crippen LogP contribution is -2.14. The van der Waals surface area contributed by atoms with Gasteiger partial charge in [-0.25, -0.2) is 9.97 Å². The van der Waals surface area contributed by atoms with Crippen LogP contribution in [0.25, 0.3) is 16.9 Å². The van der Waals surface area contributed by atoms with Gasteiger partial charge in [0.05, 0.1) is 17.8 Å². The van der Waals surface area contributed by atoms with Crippen LogP contribution >= 0.6 is 11.3 Å². The number of carbonyl (C=O) groups is 1. The molecule has 1 aromatic carbocycles. The molecular formula is C19H16N4OS. The number of imidazole rings is 1. The van der Waals surface area contributed by atoms with E-state index in [1.807, 2.05) is 71.6 Å². The zero-order valence-corrected chi connectivity index (χ0v) is 14.5. The van der Waals surface area contributed by atoms with Gasteiger partial charge < -0.3 is 9.72 Å². The number of hydrogen-bond acceptors (Lipinski definition) is 4. The first-order chi connectivity index (χ1) is 12.2. The molecule has 0 unspecified atom stereocenters. The molecule has 3 heterocycles. The summed E-state index contributed by atoms with van der Waals surface area (Å²) in [7, 11) is 0. The van der Waals surface area contributed by atoms with Crippen molar-refractivity contribution in [1.29, 1.82) is 0 Å². The summed E-state index contributed by atoms with van der Waals surface area (Å²) in [6, 6.07) is 13.9. The van der Waals surface area contributed by atoms with Crippen LogP contribution in [0, 0.1) is 6.92 Å². The molecule has 124 valence electrons. The van der Waals surface area contributed by atoms with E-state index in [0.717, 1.165) is 28.2 Å². The Hall–Kier alpha value is -2.99.